The second kappa shape index (κ2) is 8.36. The van der Waals surface area contributed by atoms with Crippen LogP contribution >= 0.6 is 0 Å². The van der Waals surface area contributed by atoms with Gasteiger partial charge in [0.25, 0.3) is 0 Å². The Kier molecular flexibility index (Phi) is 5.49. The molecule has 142 valence electrons. The number of rotatable bonds is 7. The maximum absolute atomic E-state index is 14.1. The van der Waals surface area contributed by atoms with E-state index in [1.807, 2.05) is 36.4 Å². The van der Waals surface area contributed by atoms with Gasteiger partial charge in [-0.3, -0.25) is 0 Å². The molecular formula is C24H22F2N2. The quantitative estimate of drug-likeness (QED) is 0.433. The summed E-state index contributed by atoms with van der Waals surface area (Å²) in [6.07, 6.45) is 2.94. The Balaban J connectivity index is 1.46. The summed E-state index contributed by atoms with van der Waals surface area (Å²) in [5.41, 5.74) is 4.07. The van der Waals surface area contributed by atoms with Crippen LogP contribution in [0.15, 0.2) is 79.0 Å². The number of halogens is 2. The molecule has 0 aliphatic heterocycles. The fourth-order valence-corrected chi connectivity index (χ4v) is 3.51. The van der Waals surface area contributed by atoms with Gasteiger partial charge in [0.1, 0.15) is 11.6 Å². The molecule has 1 aromatic heterocycles. The van der Waals surface area contributed by atoms with Crippen LogP contribution in [-0.2, 0) is 19.5 Å². The van der Waals surface area contributed by atoms with Crippen molar-refractivity contribution in [2.45, 2.75) is 19.5 Å². The van der Waals surface area contributed by atoms with E-state index in [-0.39, 0.29) is 11.6 Å². The third-order valence-corrected chi connectivity index (χ3v) is 4.99. The van der Waals surface area contributed by atoms with Crippen molar-refractivity contribution >= 4 is 10.9 Å². The van der Waals surface area contributed by atoms with Crippen molar-refractivity contribution in [3.8, 4) is 0 Å². The molecule has 0 bridgehead atoms. The van der Waals surface area contributed by atoms with Gasteiger partial charge in [0.15, 0.2) is 0 Å². The second-order valence-electron chi connectivity index (χ2n) is 6.94. The lowest BCUT2D eigenvalue weighted by Crippen LogP contribution is -2.16. The monoisotopic (exact) mass is 376 g/mol. The van der Waals surface area contributed by atoms with Gasteiger partial charge < -0.3 is 9.88 Å². The molecule has 4 rings (SSSR count). The Morgan fingerprint density at radius 2 is 1.54 bits per heavy atom. The SMILES string of the molecule is Fc1ccc(CCNCc2cn(Cc3ccccc3F)c3ccccc23)cc1. The molecule has 3 aromatic carbocycles. The molecule has 2 nitrogen and oxygen atoms in total. The number of nitrogens with one attached hydrogen (secondary N) is 1. The number of benzene rings is 3. The van der Waals surface area contributed by atoms with Crippen LogP contribution in [0, 0.1) is 11.6 Å². The molecule has 0 radical (unpaired) electrons. The van der Waals surface area contributed by atoms with Crippen molar-refractivity contribution in [1.82, 2.24) is 9.88 Å². The first-order chi connectivity index (χ1) is 13.7. The molecular weight excluding hydrogens is 354 g/mol. The highest BCUT2D eigenvalue weighted by molar-refractivity contribution is 5.84. The number of para-hydroxylation sites is 1. The van der Waals surface area contributed by atoms with E-state index in [1.165, 1.54) is 29.1 Å². The number of nitrogens with zero attached hydrogens (tertiary/aromatic N) is 1. The summed E-state index contributed by atoms with van der Waals surface area (Å²) in [6.45, 7) is 2.03. The molecule has 0 saturated carbocycles. The van der Waals surface area contributed by atoms with Crippen LogP contribution in [0.4, 0.5) is 8.78 Å². The zero-order valence-electron chi connectivity index (χ0n) is 15.5. The van der Waals surface area contributed by atoms with E-state index in [2.05, 4.69) is 28.2 Å². The molecule has 0 aliphatic rings. The smallest absolute Gasteiger partial charge is 0.128 e. The molecule has 0 amide bonds. The first-order valence-electron chi connectivity index (χ1n) is 9.46. The number of hydrogen-bond donors (Lipinski definition) is 1. The standard InChI is InChI=1S/C24H22F2N2/c25-21-11-9-18(10-12-21)13-14-27-15-20-17-28(24-8-4-2-6-22(20)24)16-19-5-1-3-7-23(19)26/h1-12,17,27H,13-16H2. The summed E-state index contributed by atoms with van der Waals surface area (Å²) in [5, 5.41) is 4.64. The van der Waals surface area contributed by atoms with Crippen molar-refractivity contribution in [2.24, 2.45) is 0 Å². The van der Waals surface area contributed by atoms with Gasteiger partial charge in [0.05, 0.1) is 6.54 Å². The average molecular weight is 376 g/mol. The van der Waals surface area contributed by atoms with E-state index >= 15 is 0 Å². The van der Waals surface area contributed by atoms with E-state index in [4.69, 9.17) is 0 Å². The lowest BCUT2D eigenvalue weighted by Gasteiger charge is -2.06. The van der Waals surface area contributed by atoms with E-state index in [0.29, 0.717) is 12.1 Å². The molecule has 0 unspecified atom stereocenters. The second-order valence-corrected chi connectivity index (χ2v) is 6.94. The molecule has 0 spiro atoms. The lowest BCUT2D eigenvalue weighted by molar-refractivity contribution is 0.601. The van der Waals surface area contributed by atoms with E-state index < -0.39 is 0 Å². The molecule has 0 fully saturated rings. The maximum Gasteiger partial charge on any atom is 0.128 e. The van der Waals surface area contributed by atoms with E-state index in [1.54, 1.807) is 6.07 Å². The Hall–Kier alpha value is -2.98. The van der Waals surface area contributed by atoms with Gasteiger partial charge in [0, 0.05) is 29.2 Å². The zero-order valence-corrected chi connectivity index (χ0v) is 15.5. The molecule has 0 saturated heterocycles. The van der Waals surface area contributed by atoms with Crippen LogP contribution in [0.1, 0.15) is 16.7 Å². The maximum atomic E-state index is 14.1. The van der Waals surface area contributed by atoms with E-state index in [9.17, 15) is 8.78 Å². The van der Waals surface area contributed by atoms with Crippen molar-refractivity contribution in [3.05, 3.63) is 107 Å². The first-order valence-corrected chi connectivity index (χ1v) is 9.46. The van der Waals surface area contributed by atoms with E-state index in [0.717, 1.165) is 30.6 Å². The summed E-state index contributed by atoms with van der Waals surface area (Å²) in [7, 11) is 0. The number of hydrogen-bond acceptors (Lipinski definition) is 1. The molecule has 1 heterocycles. The van der Waals surface area contributed by atoms with Gasteiger partial charge in [0.2, 0.25) is 0 Å². The van der Waals surface area contributed by atoms with Crippen LogP contribution < -0.4 is 5.32 Å². The van der Waals surface area contributed by atoms with Crippen molar-refractivity contribution in [3.63, 3.8) is 0 Å². The third kappa shape index (κ3) is 4.12. The fraction of sp³-hybridized carbons (Fsp3) is 0.167. The predicted molar refractivity (Wildman–Crippen MR) is 109 cm³/mol. The Morgan fingerprint density at radius 1 is 0.786 bits per heavy atom. The average Bonchev–Trinajstić information content (AvgIpc) is 3.06. The highest BCUT2D eigenvalue weighted by Gasteiger charge is 2.10. The van der Waals surface area contributed by atoms with Gasteiger partial charge in [-0.25, -0.2) is 8.78 Å². The number of fused-ring (bicyclic) bond motifs is 1. The van der Waals surface area contributed by atoms with Crippen LogP contribution in [0.2, 0.25) is 0 Å². The van der Waals surface area contributed by atoms with Gasteiger partial charge in [-0.1, -0.05) is 48.5 Å². The first kappa shape index (κ1) is 18.4. The minimum Gasteiger partial charge on any atom is -0.343 e. The molecule has 0 atom stereocenters. The third-order valence-electron chi connectivity index (χ3n) is 4.99. The van der Waals surface area contributed by atoms with Crippen LogP contribution in [0.25, 0.3) is 10.9 Å². The van der Waals surface area contributed by atoms with Crippen LogP contribution in [0.5, 0.6) is 0 Å². The lowest BCUT2D eigenvalue weighted by atomic mass is 10.1. The minimum absolute atomic E-state index is 0.181. The molecule has 28 heavy (non-hydrogen) atoms. The van der Waals surface area contributed by atoms with Gasteiger partial charge in [-0.2, -0.15) is 0 Å². The highest BCUT2D eigenvalue weighted by atomic mass is 19.1. The summed E-state index contributed by atoms with van der Waals surface area (Å²) < 4.78 is 29.2. The highest BCUT2D eigenvalue weighted by Crippen LogP contribution is 2.23. The zero-order chi connectivity index (χ0) is 19.3. The van der Waals surface area contributed by atoms with Crippen molar-refractivity contribution < 1.29 is 8.78 Å². The Labute approximate surface area is 163 Å². The van der Waals surface area contributed by atoms with Crippen molar-refractivity contribution in [2.75, 3.05) is 6.54 Å². The van der Waals surface area contributed by atoms with Crippen LogP contribution in [0.3, 0.4) is 0 Å². The summed E-state index contributed by atoms with van der Waals surface area (Å²) in [6, 6.07) is 21.7. The van der Waals surface area contributed by atoms with Crippen molar-refractivity contribution in [1.29, 1.82) is 0 Å². The summed E-state index contributed by atoms with van der Waals surface area (Å²) >= 11 is 0. The topological polar surface area (TPSA) is 17.0 Å². The number of aromatic nitrogens is 1. The normalized spacial score (nSPS) is 11.2. The molecule has 4 heteroatoms. The van der Waals surface area contributed by atoms with Crippen LogP contribution in [-0.4, -0.2) is 11.1 Å². The Bertz CT molecular complexity index is 1070. The molecule has 1 N–H and O–H groups in total. The minimum atomic E-state index is -0.209. The summed E-state index contributed by atoms with van der Waals surface area (Å²) in [5.74, 6) is -0.390. The van der Waals surface area contributed by atoms with Gasteiger partial charge >= 0.3 is 0 Å². The van der Waals surface area contributed by atoms with Gasteiger partial charge in [-0.15, -0.1) is 0 Å². The van der Waals surface area contributed by atoms with Gasteiger partial charge in [-0.05, 0) is 48.4 Å². The fourth-order valence-electron chi connectivity index (χ4n) is 3.51. The molecule has 0 aliphatic carbocycles. The predicted octanol–water partition coefficient (Wildman–Crippen LogP) is 5.30. The largest absolute Gasteiger partial charge is 0.343 e. The Morgan fingerprint density at radius 3 is 2.36 bits per heavy atom. The summed E-state index contributed by atoms with van der Waals surface area (Å²) in [4.78, 5) is 0. The molecule has 4 aromatic rings.